The number of likely N-dealkylation sites (N-methyl/N-ethyl adjacent to an activating group) is 1. The van der Waals surface area contributed by atoms with Crippen molar-refractivity contribution in [2.45, 2.75) is 296 Å². The molecule has 0 spiro atoms. The first-order valence-electron chi connectivity index (χ1n) is 34.7. The third-order valence-corrected chi connectivity index (χ3v) is 14.7. The first kappa shape index (κ1) is 80.7. The molecule has 9 heteroatoms. The zero-order valence-electron chi connectivity index (χ0n) is 55.5. The Morgan fingerprint density at radius 1 is 0.353 bits per heavy atom. The number of carbonyl (C=O) groups is 3. The molecule has 0 saturated heterocycles. The lowest BCUT2D eigenvalue weighted by Crippen LogP contribution is -2.40. The Hall–Kier alpha value is -4.31. The van der Waals surface area contributed by atoms with E-state index in [1.165, 1.54) is 141 Å². The summed E-state index contributed by atoms with van der Waals surface area (Å²) in [6.45, 7) is 4.66. The number of ether oxygens (including phenoxy) is 4. The van der Waals surface area contributed by atoms with E-state index in [9.17, 15) is 19.5 Å². The highest BCUT2D eigenvalue weighted by molar-refractivity contribution is 5.71. The van der Waals surface area contributed by atoms with E-state index < -0.39 is 24.3 Å². The first-order valence-corrected chi connectivity index (χ1v) is 34.7. The van der Waals surface area contributed by atoms with Gasteiger partial charge in [0, 0.05) is 12.8 Å². The zero-order valence-corrected chi connectivity index (χ0v) is 55.5. The summed E-state index contributed by atoms with van der Waals surface area (Å²) >= 11 is 0. The van der Waals surface area contributed by atoms with Crippen molar-refractivity contribution in [3.63, 3.8) is 0 Å². The van der Waals surface area contributed by atoms with E-state index in [4.69, 9.17) is 18.9 Å². The molecule has 0 saturated carbocycles. The van der Waals surface area contributed by atoms with Gasteiger partial charge < -0.3 is 28.5 Å². The van der Waals surface area contributed by atoms with Gasteiger partial charge in [0.05, 0.1) is 34.4 Å². The van der Waals surface area contributed by atoms with Crippen molar-refractivity contribution in [1.82, 2.24) is 0 Å². The molecule has 0 amide bonds. The second-order valence-electron chi connectivity index (χ2n) is 24.1. The van der Waals surface area contributed by atoms with Gasteiger partial charge >= 0.3 is 17.9 Å². The lowest BCUT2D eigenvalue weighted by Gasteiger charge is -2.25. The number of unbranched alkanes of at least 4 members (excludes halogenated alkanes) is 28. The predicted octanol–water partition coefficient (Wildman–Crippen LogP) is 21.6. The van der Waals surface area contributed by atoms with Crippen LogP contribution < -0.4 is 0 Å². The Kier molecular flexibility index (Phi) is 62.3. The van der Waals surface area contributed by atoms with Crippen LogP contribution in [0.15, 0.2) is 122 Å². The van der Waals surface area contributed by atoms with Crippen molar-refractivity contribution in [3.8, 4) is 0 Å². The maximum absolute atomic E-state index is 12.9. The summed E-state index contributed by atoms with van der Waals surface area (Å²) < 4.78 is 23.0. The molecule has 85 heavy (non-hydrogen) atoms. The minimum absolute atomic E-state index is 0.183. The number of quaternary nitrogens is 1. The molecule has 0 heterocycles. The number of esters is 2. The smallest absolute Gasteiger partial charge is 0.361 e. The van der Waals surface area contributed by atoms with Gasteiger partial charge in [-0.05, 0) is 103 Å². The van der Waals surface area contributed by atoms with Crippen LogP contribution in [0.2, 0.25) is 0 Å². The summed E-state index contributed by atoms with van der Waals surface area (Å²) in [5.74, 6) is -2.01. The van der Waals surface area contributed by atoms with Gasteiger partial charge in [-0.25, -0.2) is 4.79 Å². The molecule has 0 fully saturated rings. The lowest BCUT2D eigenvalue weighted by atomic mass is 10.0. The molecule has 0 bridgehead atoms. The molecular weight excluding hydrogens is 1050 g/mol. The van der Waals surface area contributed by atoms with Crippen LogP contribution in [-0.2, 0) is 33.3 Å². The Labute approximate surface area is 523 Å². The number of nitrogens with zero attached hydrogens (tertiary/aromatic N) is 1. The van der Waals surface area contributed by atoms with Gasteiger partial charge in [-0.3, -0.25) is 9.59 Å². The largest absolute Gasteiger partial charge is 0.477 e. The fourth-order valence-corrected chi connectivity index (χ4v) is 9.48. The Morgan fingerprint density at radius 3 is 0.941 bits per heavy atom. The normalized spacial score (nSPS) is 13.5. The molecule has 2 unspecified atom stereocenters. The van der Waals surface area contributed by atoms with Crippen LogP contribution in [0.4, 0.5) is 0 Å². The average Bonchev–Trinajstić information content (AvgIpc) is 3.48. The summed E-state index contributed by atoms with van der Waals surface area (Å²) in [6.07, 6.45) is 90.2. The molecule has 0 aromatic rings. The molecule has 2 atom stereocenters. The van der Waals surface area contributed by atoms with E-state index in [0.717, 1.165) is 109 Å². The fraction of sp³-hybridized carbons (Fsp3) is 0.697. The van der Waals surface area contributed by atoms with Crippen LogP contribution in [0.5, 0.6) is 0 Å². The summed E-state index contributed by atoms with van der Waals surface area (Å²) in [6, 6.07) is 0. The van der Waals surface area contributed by atoms with E-state index in [-0.39, 0.29) is 32.2 Å². The maximum Gasteiger partial charge on any atom is 0.361 e. The number of carboxylic acid groups (broad SMARTS) is 1. The van der Waals surface area contributed by atoms with E-state index in [1.807, 2.05) is 21.1 Å². The summed E-state index contributed by atoms with van der Waals surface area (Å²) in [5, 5.41) is 9.75. The Balaban J connectivity index is 4.14. The van der Waals surface area contributed by atoms with Gasteiger partial charge in [-0.15, -0.1) is 0 Å². The number of carbonyl (C=O) groups excluding carboxylic acids is 2. The standard InChI is InChI=1S/C76H129NO8/c1-6-8-10-12-14-16-18-20-22-24-26-28-30-32-34-36-37-39-40-42-44-46-48-50-52-54-56-58-60-62-64-66-73(78)83-70-72(71-84-76(75(80)81)82-69-68-77(3,4)5)85-74(79)67-65-63-61-59-57-55-53-51-49-47-45-43-41-38-35-33-31-29-27-25-23-21-19-17-15-13-11-9-7-2/h8-11,14-17,20-23,26-29,33,35,41,43,72,76H,6-7,12-13,18-19,24-25,30-32,34,36-40,42,44-71H2,1-5H3/p+1/b10-8-,11-9-,16-14-,17-15-,22-20-,23-21-,28-26-,29-27-,35-33-,43-41-. The topological polar surface area (TPSA) is 108 Å². The van der Waals surface area contributed by atoms with Gasteiger partial charge in [0.1, 0.15) is 13.2 Å². The Bertz CT molecular complexity index is 1810. The highest BCUT2D eigenvalue weighted by Gasteiger charge is 2.25. The zero-order chi connectivity index (χ0) is 61.9. The number of allylic oxidation sites excluding steroid dienone is 20. The highest BCUT2D eigenvalue weighted by atomic mass is 16.7. The molecule has 0 aliphatic rings. The SMILES string of the molecule is CC/C=C\C/C=C\C/C=C\C/C=C\C/C=C\C/C=C\CCCCCCCCCCCCC(=O)OC(COC(=O)CCCCCCCCCCCCCCCCCCCC/C=C\C/C=C\C/C=C\C/C=C\CC)COC(OCC[N+](C)(C)C)C(=O)O. The molecular formula is C76H130NO8+. The van der Waals surface area contributed by atoms with Crippen LogP contribution in [0.3, 0.4) is 0 Å². The van der Waals surface area contributed by atoms with Gasteiger partial charge in [-0.2, -0.15) is 0 Å². The van der Waals surface area contributed by atoms with E-state index in [1.54, 1.807) is 0 Å². The van der Waals surface area contributed by atoms with Crippen LogP contribution in [0, 0.1) is 0 Å². The molecule has 0 aromatic heterocycles. The molecule has 0 aliphatic carbocycles. The van der Waals surface area contributed by atoms with E-state index in [2.05, 4.69) is 135 Å². The number of hydrogen-bond acceptors (Lipinski definition) is 7. The van der Waals surface area contributed by atoms with Crippen molar-refractivity contribution >= 4 is 17.9 Å². The third kappa shape index (κ3) is 67.1. The number of carboxylic acids is 1. The molecule has 0 rings (SSSR count). The van der Waals surface area contributed by atoms with Crippen molar-refractivity contribution in [2.75, 3.05) is 47.5 Å². The highest BCUT2D eigenvalue weighted by Crippen LogP contribution is 2.17. The second-order valence-corrected chi connectivity index (χ2v) is 24.1. The van der Waals surface area contributed by atoms with Crippen LogP contribution in [0.1, 0.15) is 284 Å². The van der Waals surface area contributed by atoms with Gasteiger partial charge in [0.2, 0.25) is 0 Å². The molecule has 1 N–H and O–H groups in total. The summed E-state index contributed by atoms with van der Waals surface area (Å²) in [5.41, 5.74) is 0. The van der Waals surface area contributed by atoms with E-state index >= 15 is 0 Å². The average molecular weight is 1190 g/mol. The Morgan fingerprint density at radius 2 is 0.635 bits per heavy atom. The monoisotopic (exact) mass is 1180 g/mol. The van der Waals surface area contributed by atoms with Crippen molar-refractivity contribution < 1.29 is 42.9 Å². The molecule has 0 aliphatic heterocycles. The van der Waals surface area contributed by atoms with Crippen LogP contribution >= 0.6 is 0 Å². The number of aliphatic carboxylic acids is 1. The summed E-state index contributed by atoms with van der Waals surface area (Å²) in [4.78, 5) is 37.6. The van der Waals surface area contributed by atoms with E-state index in [0.29, 0.717) is 23.9 Å². The fourth-order valence-electron chi connectivity index (χ4n) is 9.48. The first-order chi connectivity index (χ1) is 41.6. The molecule has 486 valence electrons. The van der Waals surface area contributed by atoms with Crippen LogP contribution in [0.25, 0.3) is 0 Å². The third-order valence-electron chi connectivity index (χ3n) is 14.7. The van der Waals surface area contributed by atoms with Crippen molar-refractivity contribution in [1.29, 1.82) is 0 Å². The van der Waals surface area contributed by atoms with Crippen molar-refractivity contribution in [2.24, 2.45) is 0 Å². The van der Waals surface area contributed by atoms with Crippen molar-refractivity contribution in [3.05, 3.63) is 122 Å². The minimum Gasteiger partial charge on any atom is -0.477 e. The van der Waals surface area contributed by atoms with Gasteiger partial charge in [0.25, 0.3) is 6.29 Å². The minimum atomic E-state index is -1.52. The molecule has 0 aromatic carbocycles. The quantitative estimate of drug-likeness (QED) is 0.0211. The van der Waals surface area contributed by atoms with Gasteiger partial charge in [-0.1, -0.05) is 289 Å². The molecule has 0 radical (unpaired) electrons. The lowest BCUT2D eigenvalue weighted by molar-refractivity contribution is -0.870. The maximum atomic E-state index is 12.9. The van der Waals surface area contributed by atoms with Crippen LogP contribution in [-0.4, -0.2) is 87.4 Å². The number of rotatable bonds is 63. The summed E-state index contributed by atoms with van der Waals surface area (Å²) in [7, 11) is 5.97. The molecule has 9 nitrogen and oxygen atoms in total. The second kappa shape index (κ2) is 65.7. The predicted molar refractivity (Wildman–Crippen MR) is 364 cm³/mol. The van der Waals surface area contributed by atoms with Gasteiger partial charge in [0.15, 0.2) is 6.10 Å². The number of hydrogen-bond donors (Lipinski definition) is 1.